The lowest BCUT2D eigenvalue weighted by Crippen LogP contribution is -2.34. The van der Waals surface area contributed by atoms with Crippen LogP contribution in [-0.4, -0.2) is 33.2 Å². The predicted molar refractivity (Wildman–Crippen MR) is 78.6 cm³/mol. The zero-order valence-electron chi connectivity index (χ0n) is 11.3. The Labute approximate surface area is 122 Å². The predicted octanol–water partition coefficient (Wildman–Crippen LogP) is 2.19. The molecule has 1 amide bonds. The molecule has 1 fully saturated rings. The highest BCUT2D eigenvalue weighted by Gasteiger charge is 2.41. The quantitative estimate of drug-likeness (QED) is 0.842. The summed E-state index contributed by atoms with van der Waals surface area (Å²) in [5.41, 5.74) is 0.918. The average molecular weight is 327 g/mol. The number of ether oxygens (including phenoxy) is 1. The van der Waals surface area contributed by atoms with Crippen LogP contribution in [0.5, 0.6) is 5.75 Å². The molecular weight excluding hydrogens is 308 g/mol. The number of halogens is 1. The summed E-state index contributed by atoms with van der Waals surface area (Å²) >= 11 is 3.39. The van der Waals surface area contributed by atoms with Gasteiger partial charge >= 0.3 is 0 Å². The van der Waals surface area contributed by atoms with E-state index in [4.69, 9.17) is 4.74 Å². The van der Waals surface area contributed by atoms with Crippen molar-refractivity contribution in [3.05, 3.63) is 28.2 Å². The molecule has 1 saturated carbocycles. The maximum Gasteiger partial charge on any atom is 0.251 e. The second kappa shape index (κ2) is 5.92. The third-order valence-corrected chi connectivity index (χ3v) is 4.17. The number of rotatable bonds is 6. The van der Waals surface area contributed by atoms with Crippen molar-refractivity contribution in [1.82, 2.24) is 10.6 Å². The van der Waals surface area contributed by atoms with Gasteiger partial charge in [0, 0.05) is 24.1 Å². The van der Waals surface area contributed by atoms with Crippen LogP contribution in [0.25, 0.3) is 0 Å². The maximum atomic E-state index is 12.1. The van der Waals surface area contributed by atoms with Gasteiger partial charge in [0.1, 0.15) is 5.75 Å². The Morgan fingerprint density at radius 2 is 2.16 bits per heavy atom. The van der Waals surface area contributed by atoms with Gasteiger partial charge in [-0.05, 0) is 54.0 Å². The number of carbonyl (C=O) groups is 1. The van der Waals surface area contributed by atoms with E-state index < -0.39 is 0 Å². The summed E-state index contributed by atoms with van der Waals surface area (Å²) in [6.45, 7) is 1.69. The molecule has 0 aromatic heterocycles. The van der Waals surface area contributed by atoms with Crippen molar-refractivity contribution in [2.45, 2.75) is 12.8 Å². The summed E-state index contributed by atoms with van der Waals surface area (Å²) < 4.78 is 5.94. The minimum Gasteiger partial charge on any atom is -0.496 e. The Hall–Kier alpha value is -1.07. The Morgan fingerprint density at radius 3 is 2.68 bits per heavy atom. The van der Waals surface area contributed by atoms with E-state index in [0.29, 0.717) is 5.56 Å². The summed E-state index contributed by atoms with van der Waals surface area (Å²) in [5, 5.41) is 6.19. The van der Waals surface area contributed by atoms with Gasteiger partial charge in [0.05, 0.1) is 11.6 Å². The number of amides is 1. The Morgan fingerprint density at radius 1 is 1.42 bits per heavy atom. The van der Waals surface area contributed by atoms with Crippen molar-refractivity contribution in [2.75, 3.05) is 27.2 Å². The van der Waals surface area contributed by atoms with Gasteiger partial charge in [0.15, 0.2) is 0 Å². The van der Waals surface area contributed by atoms with E-state index in [1.165, 1.54) is 12.8 Å². The number of nitrogens with one attached hydrogen (secondary N) is 2. The number of methoxy groups -OCH3 is 1. The van der Waals surface area contributed by atoms with Gasteiger partial charge in [-0.25, -0.2) is 0 Å². The van der Waals surface area contributed by atoms with Crippen LogP contribution in [0, 0.1) is 5.41 Å². The minimum absolute atomic E-state index is 0.0364. The zero-order valence-corrected chi connectivity index (χ0v) is 12.8. The molecule has 0 spiro atoms. The first-order valence-corrected chi connectivity index (χ1v) is 7.16. The van der Waals surface area contributed by atoms with Crippen LogP contribution in [0.2, 0.25) is 0 Å². The third kappa shape index (κ3) is 3.48. The Bertz CT molecular complexity index is 473. The molecule has 2 N–H and O–H groups in total. The van der Waals surface area contributed by atoms with Gasteiger partial charge in [0.2, 0.25) is 0 Å². The van der Waals surface area contributed by atoms with Crippen LogP contribution in [0.3, 0.4) is 0 Å². The molecule has 0 atom stereocenters. The van der Waals surface area contributed by atoms with Gasteiger partial charge in [-0.2, -0.15) is 0 Å². The average Bonchev–Trinajstić information content (AvgIpc) is 3.16. The van der Waals surface area contributed by atoms with Crippen LogP contribution in [0.4, 0.5) is 0 Å². The molecule has 0 aliphatic heterocycles. The molecule has 4 nitrogen and oxygen atoms in total. The lowest BCUT2D eigenvalue weighted by molar-refractivity contribution is 0.0944. The SMILES string of the molecule is CNCC1(CNC(=O)c2ccc(OC)c(Br)c2)CC1. The second-order valence-corrected chi connectivity index (χ2v) is 5.92. The van der Waals surface area contributed by atoms with E-state index in [1.54, 1.807) is 25.3 Å². The van der Waals surface area contributed by atoms with Crippen LogP contribution < -0.4 is 15.4 Å². The highest BCUT2D eigenvalue weighted by Crippen LogP contribution is 2.44. The topological polar surface area (TPSA) is 50.4 Å². The molecule has 5 heteroatoms. The van der Waals surface area contributed by atoms with E-state index in [1.807, 2.05) is 7.05 Å². The van der Waals surface area contributed by atoms with E-state index in [0.717, 1.165) is 23.3 Å². The van der Waals surface area contributed by atoms with Crippen molar-refractivity contribution in [3.63, 3.8) is 0 Å². The van der Waals surface area contributed by atoms with Crippen LogP contribution >= 0.6 is 15.9 Å². The van der Waals surface area contributed by atoms with Crippen molar-refractivity contribution in [3.8, 4) is 5.75 Å². The largest absolute Gasteiger partial charge is 0.496 e. The summed E-state index contributed by atoms with van der Waals surface area (Å²) in [6.07, 6.45) is 2.36. The van der Waals surface area contributed by atoms with E-state index >= 15 is 0 Å². The standard InChI is InChI=1S/C14H19BrN2O2/c1-16-8-14(5-6-14)9-17-13(18)10-3-4-12(19-2)11(15)7-10/h3-4,7,16H,5-6,8-9H2,1-2H3,(H,17,18). The van der Waals surface area contributed by atoms with Gasteiger partial charge in [-0.15, -0.1) is 0 Å². The molecule has 0 saturated heterocycles. The van der Waals surface area contributed by atoms with Crippen LogP contribution in [-0.2, 0) is 0 Å². The monoisotopic (exact) mass is 326 g/mol. The van der Waals surface area contributed by atoms with Crippen molar-refractivity contribution < 1.29 is 9.53 Å². The summed E-state index contributed by atoms with van der Waals surface area (Å²) in [4.78, 5) is 12.1. The first-order chi connectivity index (χ1) is 9.10. The summed E-state index contributed by atoms with van der Waals surface area (Å²) in [5.74, 6) is 0.691. The normalized spacial score (nSPS) is 15.9. The fourth-order valence-electron chi connectivity index (χ4n) is 2.15. The summed E-state index contributed by atoms with van der Waals surface area (Å²) in [7, 11) is 3.55. The van der Waals surface area contributed by atoms with Gasteiger partial charge in [0.25, 0.3) is 5.91 Å². The smallest absolute Gasteiger partial charge is 0.251 e. The molecule has 1 aliphatic rings. The maximum absolute atomic E-state index is 12.1. The second-order valence-electron chi connectivity index (χ2n) is 5.06. The fraction of sp³-hybridized carbons (Fsp3) is 0.500. The minimum atomic E-state index is -0.0364. The third-order valence-electron chi connectivity index (χ3n) is 3.55. The number of hydrogen-bond donors (Lipinski definition) is 2. The molecular formula is C14H19BrN2O2. The Kier molecular flexibility index (Phi) is 4.47. The molecule has 1 aromatic carbocycles. The van der Waals surface area contributed by atoms with Crippen LogP contribution in [0.1, 0.15) is 23.2 Å². The van der Waals surface area contributed by atoms with E-state index in [-0.39, 0.29) is 11.3 Å². The van der Waals surface area contributed by atoms with Gasteiger partial charge in [-0.1, -0.05) is 0 Å². The molecule has 1 aromatic rings. The lowest BCUT2D eigenvalue weighted by atomic mass is 10.1. The number of hydrogen-bond acceptors (Lipinski definition) is 3. The zero-order chi connectivity index (χ0) is 13.9. The molecule has 0 bridgehead atoms. The van der Waals surface area contributed by atoms with E-state index in [9.17, 15) is 4.79 Å². The highest BCUT2D eigenvalue weighted by atomic mass is 79.9. The van der Waals surface area contributed by atoms with Crippen LogP contribution in [0.15, 0.2) is 22.7 Å². The van der Waals surface area contributed by atoms with Crippen molar-refractivity contribution in [2.24, 2.45) is 5.41 Å². The first kappa shape index (κ1) is 14.3. The number of carbonyl (C=O) groups excluding carboxylic acids is 1. The van der Waals surface area contributed by atoms with Crippen molar-refractivity contribution >= 4 is 21.8 Å². The first-order valence-electron chi connectivity index (χ1n) is 6.36. The van der Waals surface area contributed by atoms with E-state index in [2.05, 4.69) is 26.6 Å². The highest BCUT2D eigenvalue weighted by molar-refractivity contribution is 9.10. The Balaban J connectivity index is 1.95. The molecule has 0 heterocycles. The summed E-state index contributed by atoms with van der Waals surface area (Å²) in [6, 6.07) is 5.35. The van der Waals surface area contributed by atoms with Gasteiger partial charge < -0.3 is 15.4 Å². The molecule has 0 radical (unpaired) electrons. The lowest BCUT2D eigenvalue weighted by Gasteiger charge is -2.15. The molecule has 19 heavy (non-hydrogen) atoms. The van der Waals surface area contributed by atoms with Gasteiger partial charge in [-0.3, -0.25) is 4.79 Å². The molecule has 0 unspecified atom stereocenters. The molecule has 104 valence electrons. The number of benzene rings is 1. The fourth-order valence-corrected chi connectivity index (χ4v) is 2.69. The molecule has 2 rings (SSSR count). The molecule has 1 aliphatic carbocycles. The van der Waals surface area contributed by atoms with Crippen molar-refractivity contribution in [1.29, 1.82) is 0 Å².